The lowest BCUT2D eigenvalue weighted by Crippen LogP contribution is -2.35. The highest BCUT2D eigenvalue weighted by Gasteiger charge is 2.19. The van der Waals surface area contributed by atoms with Crippen molar-refractivity contribution >= 4 is 29.2 Å². The summed E-state index contributed by atoms with van der Waals surface area (Å²) in [5, 5.41) is 19.0. The largest absolute Gasteiger partial charge is 0.507 e. The highest BCUT2D eigenvalue weighted by Crippen LogP contribution is 2.23. The van der Waals surface area contributed by atoms with Gasteiger partial charge in [-0.2, -0.15) is 5.26 Å². The molecule has 0 spiro atoms. The lowest BCUT2D eigenvalue weighted by atomic mass is 10.2. The van der Waals surface area contributed by atoms with E-state index >= 15 is 0 Å². The number of ether oxygens (including phenoxy) is 1. The van der Waals surface area contributed by atoms with Crippen molar-refractivity contribution in [3.8, 4) is 11.8 Å². The van der Waals surface area contributed by atoms with Crippen LogP contribution < -0.4 is 4.90 Å². The summed E-state index contributed by atoms with van der Waals surface area (Å²) in [5.41, 5.74) is 1.32. The zero-order valence-corrected chi connectivity index (χ0v) is 14.9. The molecule has 0 aliphatic carbocycles. The van der Waals surface area contributed by atoms with Crippen LogP contribution in [-0.4, -0.2) is 30.1 Å². The number of anilines is 1. The summed E-state index contributed by atoms with van der Waals surface area (Å²) in [4.78, 5) is 25.9. The van der Waals surface area contributed by atoms with Gasteiger partial charge < -0.3 is 14.7 Å². The summed E-state index contributed by atoms with van der Waals surface area (Å²) in [6.07, 6.45) is 0.126. The number of para-hydroxylation sites is 1. The third-order valence-corrected chi connectivity index (χ3v) is 4.08. The number of nitriles is 1. The first kappa shape index (κ1) is 19.3. The molecule has 2 rings (SSSR count). The first-order valence-corrected chi connectivity index (χ1v) is 8.20. The monoisotopic (exact) mass is 372 g/mol. The van der Waals surface area contributed by atoms with Gasteiger partial charge in [-0.05, 0) is 42.8 Å². The van der Waals surface area contributed by atoms with Gasteiger partial charge in [-0.15, -0.1) is 0 Å². The molecule has 0 bridgehead atoms. The van der Waals surface area contributed by atoms with Gasteiger partial charge in [-0.3, -0.25) is 4.79 Å². The van der Waals surface area contributed by atoms with Crippen LogP contribution in [0.5, 0.6) is 5.75 Å². The summed E-state index contributed by atoms with van der Waals surface area (Å²) in [6, 6.07) is 12.9. The van der Waals surface area contributed by atoms with Crippen LogP contribution in [0, 0.1) is 18.3 Å². The molecule has 0 radical (unpaired) electrons. The number of halogens is 1. The maximum Gasteiger partial charge on any atom is 0.342 e. The molecule has 6 nitrogen and oxygen atoms in total. The van der Waals surface area contributed by atoms with Crippen molar-refractivity contribution in [1.82, 2.24) is 0 Å². The van der Waals surface area contributed by atoms with Gasteiger partial charge in [0.05, 0.1) is 12.5 Å². The van der Waals surface area contributed by atoms with Crippen molar-refractivity contribution in [2.24, 2.45) is 0 Å². The minimum absolute atomic E-state index is 0.0220. The van der Waals surface area contributed by atoms with Crippen molar-refractivity contribution in [2.75, 3.05) is 18.1 Å². The van der Waals surface area contributed by atoms with E-state index in [1.807, 2.05) is 6.07 Å². The highest BCUT2D eigenvalue weighted by atomic mass is 35.5. The van der Waals surface area contributed by atoms with Gasteiger partial charge in [0.25, 0.3) is 5.91 Å². The lowest BCUT2D eigenvalue weighted by molar-refractivity contribution is -0.121. The summed E-state index contributed by atoms with van der Waals surface area (Å²) in [7, 11) is 0. The molecule has 26 heavy (non-hydrogen) atoms. The van der Waals surface area contributed by atoms with Crippen molar-refractivity contribution in [3.05, 3.63) is 58.6 Å². The average Bonchev–Trinajstić information content (AvgIpc) is 2.63. The van der Waals surface area contributed by atoms with Gasteiger partial charge in [0.15, 0.2) is 6.61 Å². The van der Waals surface area contributed by atoms with E-state index in [0.717, 1.165) is 5.56 Å². The Kier molecular flexibility index (Phi) is 6.59. The van der Waals surface area contributed by atoms with E-state index < -0.39 is 18.5 Å². The Balaban J connectivity index is 2.11. The number of rotatable bonds is 6. The van der Waals surface area contributed by atoms with Crippen LogP contribution >= 0.6 is 11.6 Å². The molecule has 2 aromatic rings. The number of nitrogens with zero attached hydrogens (tertiary/aromatic N) is 2. The molecule has 7 heteroatoms. The number of aromatic hydroxyl groups is 1. The molecule has 0 saturated carbocycles. The molecule has 0 fully saturated rings. The Morgan fingerprint density at radius 1 is 1.27 bits per heavy atom. The Labute approximate surface area is 156 Å². The van der Waals surface area contributed by atoms with Crippen molar-refractivity contribution in [3.63, 3.8) is 0 Å². The van der Waals surface area contributed by atoms with Crippen LogP contribution in [0.2, 0.25) is 5.02 Å². The molecular formula is C19H17ClN2O4. The molecular weight excluding hydrogens is 356 g/mol. The maximum atomic E-state index is 12.5. The van der Waals surface area contributed by atoms with Crippen LogP contribution in [0.4, 0.5) is 5.69 Å². The Bertz CT molecular complexity index is 861. The smallest absolute Gasteiger partial charge is 0.342 e. The van der Waals surface area contributed by atoms with E-state index in [0.29, 0.717) is 10.7 Å². The van der Waals surface area contributed by atoms with Crippen LogP contribution in [0.1, 0.15) is 22.3 Å². The fraction of sp³-hybridized carbons (Fsp3) is 0.211. The molecule has 0 atom stereocenters. The predicted molar refractivity (Wildman–Crippen MR) is 97.2 cm³/mol. The minimum Gasteiger partial charge on any atom is -0.507 e. The number of carbonyl (C=O) groups excluding carboxylic acids is 2. The lowest BCUT2D eigenvalue weighted by Gasteiger charge is -2.22. The Morgan fingerprint density at radius 2 is 2.00 bits per heavy atom. The van der Waals surface area contributed by atoms with E-state index in [2.05, 4.69) is 0 Å². The minimum atomic E-state index is -0.802. The third kappa shape index (κ3) is 4.74. The number of esters is 1. The third-order valence-electron chi connectivity index (χ3n) is 3.65. The highest BCUT2D eigenvalue weighted by molar-refractivity contribution is 6.31. The van der Waals surface area contributed by atoms with Gasteiger partial charge >= 0.3 is 5.97 Å². The van der Waals surface area contributed by atoms with Gasteiger partial charge in [0, 0.05) is 17.3 Å². The maximum absolute atomic E-state index is 12.5. The van der Waals surface area contributed by atoms with Crippen molar-refractivity contribution < 1.29 is 19.4 Å². The number of hydrogen-bond acceptors (Lipinski definition) is 5. The molecule has 0 aliphatic rings. The zero-order valence-electron chi connectivity index (χ0n) is 14.1. The van der Waals surface area contributed by atoms with Gasteiger partial charge in [-0.1, -0.05) is 23.7 Å². The second kappa shape index (κ2) is 8.88. The number of phenolic OH excluding ortho intramolecular Hbond substituents is 1. The summed E-state index contributed by atoms with van der Waals surface area (Å²) < 4.78 is 5.01. The van der Waals surface area contributed by atoms with E-state index in [9.17, 15) is 14.7 Å². The van der Waals surface area contributed by atoms with E-state index in [1.165, 1.54) is 17.0 Å². The van der Waals surface area contributed by atoms with Crippen LogP contribution in [0.25, 0.3) is 0 Å². The first-order valence-electron chi connectivity index (χ1n) is 7.82. The molecule has 2 aromatic carbocycles. The molecule has 0 saturated heterocycles. The van der Waals surface area contributed by atoms with Gasteiger partial charge in [0.1, 0.15) is 11.3 Å². The zero-order chi connectivity index (χ0) is 19.1. The second-order valence-corrected chi connectivity index (χ2v) is 5.89. The van der Waals surface area contributed by atoms with E-state index in [-0.39, 0.29) is 24.3 Å². The normalized spacial score (nSPS) is 10.0. The van der Waals surface area contributed by atoms with Crippen LogP contribution in [0.15, 0.2) is 42.5 Å². The van der Waals surface area contributed by atoms with Crippen molar-refractivity contribution in [1.29, 1.82) is 5.26 Å². The average molecular weight is 373 g/mol. The summed E-state index contributed by atoms with van der Waals surface area (Å²) >= 11 is 6.01. The fourth-order valence-electron chi connectivity index (χ4n) is 2.29. The second-order valence-electron chi connectivity index (χ2n) is 5.48. The van der Waals surface area contributed by atoms with Crippen LogP contribution in [-0.2, 0) is 9.53 Å². The standard InChI is InChI=1S/C19H17ClN2O4/c1-13-11-14(7-8-16(13)20)22(10-4-9-21)18(24)12-26-19(25)15-5-2-3-6-17(15)23/h2-3,5-8,11,23H,4,10,12H2,1H3. The van der Waals surface area contributed by atoms with E-state index in [1.54, 1.807) is 37.3 Å². The number of benzene rings is 2. The fourth-order valence-corrected chi connectivity index (χ4v) is 2.40. The quantitative estimate of drug-likeness (QED) is 0.784. The number of phenols is 1. The van der Waals surface area contributed by atoms with Crippen LogP contribution in [0.3, 0.4) is 0 Å². The first-order chi connectivity index (χ1) is 12.4. The van der Waals surface area contributed by atoms with E-state index in [4.69, 9.17) is 21.6 Å². The molecule has 0 unspecified atom stereocenters. The number of carbonyl (C=O) groups is 2. The number of aryl methyl sites for hydroxylation is 1. The van der Waals surface area contributed by atoms with Gasteiger partial charge in [0.2, 0.25) is 0 Å². The number of hydrogen-bond donors (Lipinski definition) is 1. The topological polar surface area (TPSA) is 90.6 Å². The molecule has 0 aliphatic heterocycles. The SMILES string of the molecule is Cc1cc(N(CCC#N)C(=O)COC(=O)c2ccccc2O)ccc1Cl. The molecule has 1 amide bonds. The molecule has 0 aromatic heterocycles. The predicted octanol–water partition coefficient (Wildman–Crippen LogP) is 3.46. The summed E-state index contributed by atoms with van der Waals surface area (Å²) in [6.45, 7) is 1.45. The number of amides is 1. The Morgan fingerprint density at radius 3 is 2.65 bits per heavy atom. The van der Waals surface area contributed by atoms with Gasteiger partial charge in [-0.25, -0.2) is 4.79 Å². The van der Waals surface area contributed by atoms with Crippen molar-refractivity contribution in [2.45, 2.75) is 13.3 Å². The Hall–Kier alpha value is -3.04. The summed E-state index contributed by atoms with van der Waals surface area (Å²) in [5.74, 6) is -1.51. The molecule has 1 N–H and O–H groups in total. The molecule has 0 heterocycles. The molecule has 134 valence electrons.